The lowest BCUT2D eigenvalue weighted by Crippen LogP contribution is -2.57. The highest BCUT2D eigenvalue weighted by Gasteiger charge is 2.22. The van der Waals surface area contributed by atoms with E-state index in [0.29, 0.717) is 23.6 Å². The van der Waals surface area contributed by atoms with Gasteiger partial charge in [-0.3, -0.25) is 24.3 Å². The van der Waals surface area contributed by atoms with Crippen molar-refractivity contribution in [3.8, 4) is 0 Å². The molecule has 0 saturated carbocycles. The van der Waals surface area contributed by atoms with Gasteiger partial charge in [0.1, 0.15) is 0 Å². The Labute approximate surface area is 150 Å². The molecule has 132 valence electrons. The fraction of sp³-hybridized carbons (Fsp3) is 0.455. The number of guanidine groups is 3. The van der Waals surface area contributed by atoms with Crippen LogP contribution in [-0.2, 0) is 16.9 Å². The van der Waals surface area contributed by atoms with Gasteiger partial charge in [-0.2, -0.15) is 16.8 Å². The van der Waals surface area contributed by atoms with Gasteiger partial charge in [0.15, 0.2) is 5.96 Å². The summed E-state index contributed by atoms with van der Waals surface area (Å²) in [6.07, 6.45) is 0. The van der Waals surface area contributed by atoms with Crippen LogP contribution in [0.15, 0.2) is 20.4 Å². The Balaban J connectivity index is 1.79. The maximum absolute atomic E-state index is 11.6. The van der Waals surface area contributed by atoms with Crippen LogP contribution in [0.5, 0.6) is 0 Å². The summed E-state index contributed by atoms with van der Waals surface area (Å²) in [5.41, 5.74) is 11.6. The molecular formula is C11H19N9OS3. The molecule has 0 bridgehead atoms. The zero-order chi connectivity index (χ0) is 17.5. The van der Waals surface area contributed by atoms with Gasteiger partial charge in [0.05, 0.1) is 12.2 Å². The van der Waals surface area contributed by atoms with E-state index in [9.17, 15) is 4.21 Å². The molecule has 10 nitrogen and oxygen atoms in total. The molecular weight excluding hydrogens is 370 g/mol. The summed E-state index contributed by atoms with van der Waals surface area (Å²) in [5.74, 6) is 2.59. The zero-order valence-electron chi connectivity index (χ0n) is 13.2. The molecule has 1 aliphatic rings. The van der Waals surface area contributed by atoms with Gasteiger partial charge in [-0.05, 0) is 0 Å². The Bertz CT molecular complexity index is 680. The molecule has 2 heterocycles. The van der Waals surface area contributed by atoms with Crippen molar-refractivity contribution in [2.75, 3.05) is 26.4 Å². The second kappa shape index (κ2) is 8.84. The number of nitrogens with one attached hydrogen (secondary N) is 2. The number of hydrogen-bond acceptors (Lipinski definition) is 7. The average Bonchev–Trinajstić information content (AvgIpc) is 2.96. The van der Waals surface area contributed by atoms with E-state index in [-0.39, 0.29) is 5.96 Å². The minimum atomic E-state index is -1.41. The van der Waals surface area contributed by atoms with Crippen molar-refractivity contribution in [2.45, 2.75) is 5.75 Å². The number of rotatable bonds is 6. The van der Waals surface area contributed by atoms with Crippen LogP contribution in [0.25, 0.3) is 0 Å². The Morgan fingerprint density at radius 3 is 2.92 bits per heavy atom. The van der Waals surface area contributed by atoms with E-state index < -0.39 is 11.2 Å². The first-order valence-corrected chi connectivity index (χ1v) is 10.00. The van der Waals surface area contributed by atoms with Gasteiger partial charge in [-0.15, -0.1) is 11.3 Å². The van der Waals surface area contributed by atoms with Gasteiger partial charge in [0, 0.05) is 31.0 Å². The summed E-state index contributed by atoms with van der Waals surface area (Å²) in [6.45, 7) is 0.580. The van der Waals surface area contributed by atoms with Gasteiger partial charge < -0.3 is 11.5 Å². The number of thiazole rings is 1. The molecule has 0 aromatic carbocycles. The minimum absolute atomic E-state index is 0.00495. The van der Waals surface area contributed by atoms with E-state index in [1.165, 1.54) is 11.3 Å². The second-order valence-electron chi connectivity index (χ2n) is 4.50. The van der Waals surface area contributed by atoms with Gasteiger partial charge in [-0.1, -0.05) is 0 Å². The standard InChI is InChI=1S/C11H19N9OS3/c1-14-9-18-24(21)19-10(20(9)2)15-3-4-22-5-7-6-23-11(16-7)17-8(12)13/h6H,3-5H2,1-2H3,(H,14,18)(H,15,19)(H4,12,13,16,17). The van der Waals surface area contributed by atoms with Crippen LogP contribution in [0.1, 0.15) is 5.69 Å². The Morgan fingerprint density at radius 2 is 2.21 bits per heavy atom. The summed E-state index contributed by atoms with van der Waals surface area (Å²) in [6, 6.07) is 0. The van der Waals surface area contributed by atoms with E-state index in [1.54, 1.807) is 30.8 Å². The van der Waals surface area contributed by atoms with E-state index in [2.05, 4.69) is 29.4 Å². The molecule has 1 unspecified atom stereocenters. The summed E-state index contributed by atoms with van der Waals surface area (Å²) in [7, 11) is 3.42. The lowest BCUT2D eigenvalue weighted by molar-refractivity contribution is 0.646. The second-order valence-corrected chi connectivity index (χ2v) is 7.38. The fourth-order valence-electron chi connectivity index (χ4n) is 1.68. The molecule has 0 radical (unpaired) electrons. The van der Waals surface area contributed by atoms with Crippen LogP contribution in [0, 0.1) is 0 Å². The number of aromatic nitrogens is 1. The molecule has 13 heteroatoms. The first-order chi connectivity index (χ1) is 11.5. The van der Waals surface area contributed by atoms with Crippen molar-refractivity contribution in [3.05, 3.63) is 11.1 Å². The molecule has 0 amide bonds. The van der Waals surface area contributed by atoms with Crippen LogP contribution in [0.2, 0.25) is 0 Å². The molecule has 2 rings (SSSR count). The topological polar surface area (TPSA) is 146 Å². The van der Waals surface area contributed by atoms with Crippen LogP contribution in [0.4, 0.5) is 5.13 Å². The number of aliphatic imine (C=N–C) groups is 3. The van der Waals surface area contributed by atoms with Crippen molar-refractivity contribution in [3.63, 3.8) is 0 Å². The van der Waals surface area contributed by atoms with Crippen molar-refractivity contribution in [2.24, 2.45) is 26.4 Å². The summed E-state index contributed by atoms with van der Waals surface area (Å²) >= 11 is 1.68. The fourth-order valence-corrected chi connectivity index (χ4v) is 4.02. The highest BCUT2D eigenvalue weighted by Crippen LogP contribution is 2.21. The molecule has 24 heavy (non-hydrogen) atoms. The van der Waals surface area contributed by atoms with Crippen LogP contribution in [0.3, 0.4) is 0 Å². The summed E-state index contributed by atoms with van der Waals surface area (Å²) in [4.78, 5) is 18.4. The van der Waals surface area contributed by atoms with E-state index >= 15 is 0 Å². The maximum Gasteiger partial charge on any atom is 0.225 e. The SMILES string of the molecule is CN=C1NS(=O)NC(=NCCSCc2csc(N=C(N)N)n2)N1C. The quantitative estimate of drug-likeness (QED) is 0.288. The molecule has 1 atom stereocenters. The molecule has 0 spiro atoms. The molecule has 1 saturated heterocycles. The van der Waals surface area contributed by atoms with Crippen molar-refractivity contribution >= 4 is 57.3 Å². The minimum Gasteiger partial charge on any atom is -0.370 e. The highest BCUT2D eigenvalue weighted by atomic mass is 32.2. The first kappa shape index (κ1) is 18.5. The molecule has 0 aliphatic carbocycles. The third-order valence-electron chi connectivity index (χ3n) is 2.73. The highest BCUT2D eigenvalue weighted by molar-refractivity contribution is 7.98. The smallest absolute Gasteiger partial charge is 0.225 e. The third-order valence-corrected chi connectivity index (χ3v) is 5.22. The molecule has 1 aromatic rings. The molecule has 1 aromatic heterocycles. The average molecular weight is 390 g/mol. The van der Waals surface area contributed by atoms with Crippen molar-refractivity contribution < 1.29 is 4.21 Å². The number of hydrogen-bond donors (Lipinski definition) is 4. The monoisotopic (exact) mass is 389 g/mol. The normalized spacial score (nSPS) is 20.8. The lowest BCUT2D eigenvalue weighted by Gasteiger charge is -2.28. The van der Waals surface area contributed by atoms with Gasteiger partial charge in [0.25, 0.3) is 0 Å². The Morgan fingerprint density at radius 1 is 1.46 bits per heavy atom. The third kappa shape index (κ3) is 5.35. The van der Waals surface area contributed by atoms with E-state index in [1.807, 2.05) is 5.38 Å². The maximum atomic E-state index is 11.6. The Hall–Kier alpha value is -1.86. The van der Waals surface area contributed by atoms with Crippen molar-refractivity contribution in [1.82, 2.24) is 19.3 Å². The van der Waals surface area contributed by atoms with Crippen molar-refractivity contribution in [1.29, 1.82) is 0 Å². The number of thioether (sulfide) groups is 1. The number of nitrogens with zero attached hydrogens (tertiary/aromatic N) is 5. The van der Waals surface area contributed by atoms with E-state index in [0.717, 1.165) is 17.2 Å². The summed E-state index contributed by atoms with van der Waals surface area (Å²) < 4.78 is 17.1. The number of nitrogens with two attached hydrogens (primary N) is 2. The van der Waals surface area contributed by atoms with Gasteiger partial charge >= 0.3 is 0 Å². The predicted octanol–water partition coefficient (Wildman–Crippen LogP) is -0.674. The van der Waals surface area contributed by atoms with Gasteiger partial charge in [-0.25, -0.2) is 9.19 Å². The van der Waals surface area contributed by atoms with Gasteiger partial charge in [0.2, 0.25) is 28.2 Å². The zero-order valence-corrected chi connectivity index (χ0v) is 15.7. The molecule has 1 aliphatic heterocycles. The Kier molecular flexibility index (Phi) is 6.81. The largest absolute Gasteiger partial charge is 0.370 e. The van der Waals surface area contributed by atoms with E-state index in [4.69, 9.17) is 11.5 Å². The lowest BCUT2D eigenvalue weighted by atomic mass is 10.6. The van der Waals surface area contributed by atoms with Crippen LogP contribution < -0.4 is 20.9 Å². The molecule has 1 fully saturated rings. The molecule has 6 N–H and O–H groups in total. The predicted molar refractivity (Wildman–Crippen MR) is 102 cm³/mol. The first-order valence-electron chi connectivity index (χ1n) is 6.81. The summed E-state index contributed by atoms with van der Waals surface area (Å²) in [5, 5.41) is 2.48. The van der Waals surface area contributed by atoms with Crippen LogP contribution in [-0.4, -0.2) is 58.4 Å². The van der Waals surface area contributed by atoms with Crippen LogP contribution >= 0.6 is 23.1 Å².